The van der Waals surface area contributed by atoms with Crippen molar-refractivity contribution in [3.8, 4) is 11.5 Å². The maximum Gasteiger partial charge on any atom is 0.255 e. The van der Waals surface area contributed by atoms with Gasteiger partial charge in [-0.3, -0.25) is 4.79 Å². The summed E-state index contributed by atoms with van der Waals surface area (Å²) in [6.07, 6.45) is 1.02. The lowest BCUT2D eigenvalue weighted by Crippen LogP contribution is -2.31. The van der Waals surface area contributed by atoms with Crippen LogP contribution in [0.5, 0.6) is 11.5 Å². The molecule has 1 unspecified atom stereocenters. The van der Waals surface area contributed by atoms with Gasteiger partial charge in [-0.2, -0.15) is 4.98 Å². The second kappa shape index (κ2) is 11.5. The maximum atomic E-state index is 13.8. The van der Waals surface area contributed by atoms with E-state index < -0.39 is 6.04 Å². The van der Waals surface area contributed by atoms with Crippen LogP contribution in [0.3, 0.4) is 0 Å². The Morgan fingerprint density at radius 3 is 2.56 bits per heavy atom. The third-order valence-corrected chi connectivity index (χ3v) is 6.83. The molecule has 8 nitrogen and oxygen atoms in total. The van der Waals surface area contributed by atoms with E-state index in [1.54, 1.807) is 16.4 Å². The molecule has 3 aromatic rings. The van der Waals surface area contributed by atoms with Crippen molar-refractivity contribution in [2.75, 3.05) is 29.6 Å². The van der Waals surface area contributed by atoms with Crippen LogP contribution in [0.25, 0.3) is 0 Å². The second-order valence-electron chi connectivity index (χ2n) is 8.42. The van der Waals surface area contributed by atoms with Crippen molar-refractivity contribution in [2.45, 2.75) is 52.2 Å². The fraction of sp³-hybridized carbons (Fsp3) is 0.370. The normalized spacial score (nSPS) is 14.8. The molecule has 2 aromatic carbocycles. The maximum absolute atomic E-state index is 13.8. The Morgan fingerprint density at radius 2 is 1.83 bits per heavy atom. The summed E-state index contributed by atoms with van der Waals surface area (Å²) < 4.78 is 13.5. The van der Waals surface area contributed by atoms with E-state index in [1.807, 2.05) is 70.2 Å². The highest BCUT2D eigenvalue weighted by Crippen LogP contribution is 2.40. The van der Waals surface area contributed by atoms with Gasteiger partial charge in [-0.1, -0.05) is 43.0 Å². The van der Waals surface area contributed by atoms with E-state index in [0.29, 0.717) is 41.4 Å². The Balaban J connectivity index is 1.81. The SMILES string of the molecule is CCCSc1nc2n(n1)C(c1ccc(OCC)c(OCC)c1)C(C(=O)Nc1ccccc1C)=C(C)N2. The lowest BCUT2D eigenvalue weighted by atomic mass is 9.94. The monoisotopic (exact) mass is 507 g/mol. The Hall–Kier alpha value is -3.46. The number of hydrogen-bond donors (Lipinski definition) is 2. The predicted octanol–water partition coefficient (Wildman–Crippen LogP) is 5.81. The van der Waals surface area contributed by atoms with E-state index in [2.05, 4.69) is 17.6 Å². The molecule has 0 aliphatic carbocycles. The molecule has 1 amide bonds. The van der Waals surface area contributed by atoms with Gasteiger partial charge in [0.25, 0.3) is 5.91 Å². The minimum absolute atomic E-state index is 0.199. The molecule has 0 saturated carbocycles. The fourth-order valence-electron chi connectivity index (χ4n) is 4.13. The largest absolute Gasteiger partial charge is 0.490 e. The van der Waals surface area contributed by atoms with E-state index in [0.717, 1.165) is 34.7 Å². The number of nitrogens with zero attached hydrogens (tertiary/aromatic N) is 3. The van der Waals surface area contributed by atoms with Crippen LogP contribution in [0, 0.1) is 6.92 Å². The van der Waals surface area contributed by atoms with E-state index >= 15 is 0 Å². The van der Waals surface area contributed by atoms with E-state index in [9.17, 15) is 4.79 Å². The molecule has 0 radical (unpaired) electrons. The number of nitrogens with one attached hydrogen (secondary N) is 2. The molecular weight excluding hydrogens is 474 g/mol. The number of rotatable bonds is 10. The van der Waals surface area contributed by atoms with Crippen LogP contribution in [-0.2, 0) is 4.79 Å². The lowest BCUT2D eigenvalue weighted by molar-refractivity contribution is -0.113. The summed E-state index contributed by atoms with van der Waals surface area (Å²) >= 11 is 1.60. The Kier molecular flexibility index (Phi) is 8.20. The van der Waals surface area contributed by atoms with Crippen molar-refractivity contribution in [1.29, 1.82) is 0 Å². The third kappa shape index (κ3) is 5.36. The predicted molar refractivity (Wildman–Crippen MR) is 144 cm³/mol. The van der Waals surface area contributed by atoms with Gasteiger partial charge in [-0.05, 0) is 63.4 Å². The zero-order chi connectivity index (χ0) is 25.7. The molecule has 0 spiro atoms. The first-order valence-electron chi connectivity index (χ1n) is 12.3. The molecule has 2 heterocycles. The van der Waals surface area contributed by atoms with Gasteiger partial charge in [-0.15, -0.1) is 5.10 Å². The molecule has 2 N–H and O–H groups in total. The van der Waals surface area contributed by atoms with Gasteiger partial charge in [-0.25, -0.2) is 4.68 Å². The molecule has 0 bridgehead atoms. The Bertz CT molecular complexity index is 1270. The number of benzene rings is 2. The number of ether oxygens (including phenoxy) is 2. The van der Waals surface area contributed by atoms with Gasteiger partial charge >= 0.3 is 0 Å². The lowest BCUT2D eigenvalue weighted by Gasteiger charge is -2.29. The number of aryl methyl sites for hydroxylation is 1. The van der Waals surface area contributed by atoms with Gasteiger partial charge in [0.2, 0.25) is 11.1 Å². The van der Waals surface area contributed by atoms with Crippen LogP contribution >= 0.6 is 11.8 Å². The first-order valence-corrected chi connectivity index (χ1v) is 13.3. The number of fused-ring (bicyclic) bond motifs is 1. The van der Waals surface area contributed by atoms with Gasteiger partial charge in [0.05, 0.1) is 18.8 Å². The first kappa shape index (κ1) is 25.6. The minimum atomic E-state index is -0.497. The molecule has 1 aliphatic heterocycles. The van der Waals surface area contributed by atoms with Gasteiger partial charge in [0.1, 0.15) is 6.04 Å². The standard InChI is InChI=1S/C27H33N5O3S/c1-6-15-36-27-30-26-28-18(5)23(25(33)29-20-12-10-9-11-17(20)4)24(32(26)31-27)19-13-14-21(34-7-2)22(16-19)35-8-3/h9-14,16,24H,6-8,15H2,1-5H3,(H,29,33)(H,28,30,31). The smallest absolute Gasteiger partial charge is 0.255 e. The van der Waals surface area contributed by atoms with Crippen molar-refractivity contribution in [3.63, 3.8) is 0 Å². The van der Waals surface area contributed by atoms with Crippen LogP contribution in [0.2, 0.25) is 0 Å². The Labute approximate surface area is 216 Å². The van der Waals surface area contributed by atoms with E-state index in [1.165, 1.54) is 0 Å². The number of anilines is 2. The van der Waals surface area contributed by atoms with Crippen molar-refractivity contribution in [3.05, 3.63) is 64.9 Å². The van der Waals surface area contributed by atoms with Crippen molar-refractivity contribution >= 4 is 29.3 Å². The van der Waals surface area contributed by atoms with Crippen molar-refractivity contribution < 1.29 is 14.3 Å². The third-order valence-electron chi connectivity index (χ3n) is 5.79. The van der Waals surface area contributed by atoms with Crippen LogP contribution < -0.4 is 20.1 Å². The fourth-order valence-corrected chi connectivity index (χ4v) is 4.81. The number of thioether (sulfide) groups is 1. The summed E-state index contributed by atoms with van der Waals surface area (Å²) in [4.78, 5) is 18.4. The van der Waals surface area contributed by atoms with Gasteiger partial charge in [0, 0.05) is 17.1 Å². The number of hydrogen-bond acceptors (Lipinski definition) is 7. The molecule has 0 fully saturated rings. The average molecular weight is 508 g/mol. The molecule has 0 saturated heterocycles. The quantitative estimate of drug-likeness (QED) is 0.335. The number of aromatic nitrogens is 3. The Morgan fingerprint density at radius 1 is 1.08 bits per heavy atom. The molecule has 1 aliphatic rings. The van der Waals surface area contributed by atoms with Crippen LogP contribution in [-0.4, -0.2) is 39.6 Å². The summed E-state index contributed by atoms with van der Waals surface area (Å²) in [7, 11) is 0. The number of para-hydroxylation sites is 1. The summed E-state index contributed by atoms with van der Waals surface area (Å²) in [6, 6.07) is 13.0. The minimum Gasteiger partial charge on any atom is -0.490 e. The van der Waals surface area contributed by atoms with Crippen LogP contribution in [0.15, 0.2) is 58.9 Å². The zero-order valence-electron chi connectivity index (χ0n) is 21.4. The first-order chi connectivity index (χ1) is 17.5. The highest BCUT2D eigenvalue weighted by atomic mass is 32.2. The molecule has 190 valence electrons. The topological polar surface area (TPSA) is 90.3 Å². The zero-order valence-corrected chi connectivity index (χ0v) is 22.2. The summed E-state index contributed by atoms with van der Waals surface area (Å²) in [5, 5.41) is 11.9. The van der Waals surface area contributed by atoms with Gasteiger partial charge < -0.3 is 20.1 Å². The molecule has 9 heteroatoms. The molecule has 36 heavy (non-hydrogen) atoms. The number of amides is 1. The summed E-state index contributed by atoms with van der Waals surface area (Å²) in [6.45, 7) is 10.9. The summed E-state index contributed by atoms with van der Waals surface area (Å²) in [5.74, 6) is 2.62. The number of allylic oxidation sites excluding steroid dienone is 1. The van der Waals surface area contributed by atoms with Gasteiger partial charge in [0.15, 0.2) is 11.5 Å². The van der Waals surface area contributed by atoms with E-state index in [-0.39, 0.29) is 5.91 Å². The average Bonchev–Trinajstić information content (AvgIpc) is 3.27. The molecule has 1 atom stereocenters. The molecular formula is C27H33N5O3S. The molecule has 1 aromatic heterocycles. The number of carbonyl (C=O) groups is 1. The highest BCUT2D eigenvalue weighted by molar-refractivity contribution is 7.99. The highest BCUT2D eigenvalue weighted by Gasteiger charge is 2.35. The van der Waals surface area contributed by atoms with Crippen molar-refractivity contribution in [2.24, 2.45) is 0 Å². The second-order valence-corrected chi connectivity index (χ2v) is 9.48. The number of carbonyl (C=O) groups excluding carboxylic acids is 1. The summed E-state index contributed by atoms with van der Waals surface area (Å²) in [5.41, 5.74) is 3.91. The molecule has 4 rings (SSSR count). The van der Waals surface area contributed by atoms with E-state index in [4.69, 9.17) is 19.6 Å². The van der Waals surface area contributed by atoms with Crippen LogP contribution in [0.4, 0.5) is 11.6 Å². The van der Waals surface area contributed by atoms with Crippen molar-refractivity contribution in [1.82, 2.24) is 14.8 Å². The van der Waals surface area contributed by atoms with Crippen LogP contribution in [0.1, 0.15) is 51.3 Å².